The average molecular weight is 303 g/mol. The van der Waals surface area contributed by atoms with Crippen molar-refractivity contribution < 1.29 is 8.42 Å². The number of hydrogen-bond donors (Lipinski definition) is 2. The van der Waals surface area contributed by atoms with Gasteiger partial charge in [0, 0.05) is 24.6 Å². The molecule has 7 nitrogen and oxygen atoms in total. The summed E-state index contributed by atoms with van der Waals surface area (Å²) in [6.07, 6.45) is 3.28. The van der Waals surface area contributed by atoms with Gasteiger partial charge in [0.05, 0.1) is 17.4 Å². The lowest BCUT2D eigenvalue weighted by molar-refractivity contribution is 0.601. The Balaban J connectivity index is 2.09. The number of anilines is 2. The van der Waals surface area contributed by atoms with E-state index < -0.39 is 10.0 Å². The van der Waals surface area contributed by atoms with Crippen LogP contribution in [0.2, 0.25) is 0 Å². The van der Waals surface area contributed by atoms with E-state index in [0.29, 0.717) is 13.0 Å². The van der Waals surface area contributed by atoms with Crippen molar-refractivity contribution in [1.82, 2.24) is 9.97 Å². The molecule has 2 aromatic rings. The molecule has 1 aromatic carbocycles. The van der Waals surface area contributed by atoms with Gasteiger partial charge < -0.3 is 5.32 Å². The van der Waals surface area contributed by atoms with Crippen LogP contribution in [-0.4, -0.2) is 24.9 Å². The Bertz CT molecular complexity index is 723. The first-order valence-electron chi connectivity index (χ1n) is 6.12. The lowest BCUT2D eigenvalue weighted by Crippen LogP contribution is -2.14. The zero-order valence-electron chi connectivity index (χ0n) is 11.0. The molecule has 2 rings (SSSR count). The van der Waals surface area contributed by atoms with Crippen molar-refractivity contribution >= 4 is 21.7 Å². The quantitative estimate of drug-likeness (QED) is 0.785. The number of rotatable bonds is 6. The van der Waals surface area contributed by atoms with Crippen molar-refractivity contribution in [2.75, 3.05) is 16.6 Å². The lowest BCUT2D eigenvalue weighted by atomic mass is 10.3. The van der Waals surface area contributed by atoms with Crippen LogP contribution in [0.3, 0.4) is 0 Å². The van der Waals surface area contributed by atoms with E-state index in [-0.39, 0.29) is 10.8 Å². The van der Waals surface area contributed by atoms with Gasteiger partial charge in [-0.1, -0.05) is 0 Å². The van der Waals surface area contributed by atoms with Crippen molar-refractivity contribution in [3.8, 4) is 6.07 Å². The Labute approximate surface area is 122 Å². The average Bonchev–Trinajstić information content (AvgIpc) is 2.49. The van der Waals surface area contributed by atoms with Crippen molar-refractivity contribution in [2.45, 2.75) is 11.3 Å². The summed E-state index contributed by atoms with van der Waals surface area (Å²) in [6, 6.07) is 9.83. The maximum Gasteiger partial charge on any atom is 0.264 e. The van der Waals surface area contributed by atoms with E-state index in [2.05, 4.69) is 20.0 Å². The highest BCUT2D eigenvalue weighted by molar-refractivity contribution is 7.92. The van der Waals surface area contributed by atoms with Crippen molar-refractivity contribution in [2.24, 2.45) is 0 Å². The molecular formula is C13H13N5O2S. The fourth-order valence-electron chi connectivity index (χ4n) is 1.55. The van der Waals surface area contributed by atoms with Crippen molar-refractivity contribution in [3.63, 3.8) is 0 Å². The summed E-state index contributed by atoms with van der Waals surface area (Å²) < 4.78 is 26.5. The topological polar surface area (TPSA) is 108 Å². The summed E-state index contributed by atoms with van der Waals surface area (Å²) in [5.41, 5.74) is 0.750. The van der Waals surface area contributed by atoms with Crippen LogP contribution in [0.1, 0.15) is 6.42 Å². The van der Waals surface area contributed by atoms with Crippen LogP contribution in [0.25, 0.3) is 0 Å². The predicted molar refractivity (Wildman–Crippen MR) is 78.0 cm³/mol. The summed E-state index contributed by atoms with van der Waals surface area (Å²) in [4.78, 5) is 7.74. The third-order valence-corrected chi connectivity index (χ3v) is 3.87. The fourth-order valence-corrected chi connectivity index (χ4v) is 2.50. The molecule has 0 aliphatic rings. The Hall–Kier alpha value is -2.66. The van der Waals surface area contributed by atoms with Gasteiger partial charge in [0.2, 0.25) is 5.95 Å². The van der Waals surface area contributed by atoms with Gasteiger partial charge in [-0.2, -0.15) is 5.26 Å². The monoisotopic (exact) mass is 303 g/mol. The van der Waals surface area contributed by atoms with Crippen molar-refractivity contribution in [3.05, 3.63) is 42.7 Å². The third-order valence-electron chi connectivity index (χ3n) is 2.52. The maximum atomic E-state index is 12.1. The summed E-state index contributed by atoms with van der Waals surface area (Å²) >= 11 is 0. The largest absolute Gasteiger partial charge is 0.384 e. The van der Waals surface area contributed by atoms with Gasteiger partial charge in [0.1, 0.15) is 0 Å². The van der Waals surface area contributed by atoms with Gasteiger partial charge >= 0.3 is 0 Å². The highest BCUT2D eigenvalue weighted by atomic mass is 32.2. The molecule has 21 heavy (non-hydrogen) atoms. The second kappa shape index (κ2) is 6.67. The van der Waals surface area contributed by atoms with E-state index in [0.717, 1.165) is 5.69 Å². The van der Waals surface area contributed by atoms with Crippen LogP contribution in [-0.2, 0) is 10.0 Å². The molecule has 0 bridgehead atoms. The molecule has 0 aliphatic heterocycles. The molecule has 0 unspecified atom stereocenters. The Kier molecular flexibility index (Phi) is 4.68. The minimum atomic E-state index is -3.71. The van der Waals surface area contributed by atoms with E-state index in [1.807, 2.05) is 6.07 Å². The summed E-state index contributed by atoms with van der Waals surface area (Å²) in [5.74, 6) is 0.0220. The van der Waals surface area contributed by atoms with E-state index in [4.69, 9.17) is 5.26 Å². The Morgan fingerprint density at radius 2 is 1.81 bits per heavy atom. The summed E-state index contributed by atoms with van der Waals surface area (Å²) in [6.45, 7) is 0.513. The third kappa shape index (κ3) is 4.15. The number of nitriles is 1. The molecule has 0 fully saturated rings. The van der Waals surface area contributed by atoms with Crippen LogP contribution in [0.4, 0.5) is 11.6 Å². The van der Waals surface area contributed by atoms with E-state index >= 15 is 0 Å². The first-order valence-corrected chi connectivity index (χ1v) is 7.61. The molecule has 1 heterocycles. The number of aromatic nitrogens is 2. The first-order chi connectivity index (χ1) is 10.1. The van der Waals surface area contributed by atoms with Crippen molar-refractivity contribution in [1.29, 1.82) is 5.26 Å². The molecule has 1 aromatic heterocycles. The Morgan fingerprint density at radius 1 is 1.14 bits per heavy atom. The summed E-state index contributed by atoms with van der Waals surface area (Å²) in [7, 11) is -3.71. The SMILES string of the molecule is N#CCCNc1ccc(S(=O)(=O)Nc2ncccn2)cc1. The molecule has 0 spiro atoms. The zero-order valence-corrected chi connectivity index (χ0v) is 11.8. The molecular weight excluding hydrogens is 290 g/mol. The number of benzene rings is 1. The van der Waals surface area contributed by atoms with Gasteiger partial charge in [0.25, 0.3) is 10.0 Å². The summed E-state index contributed by atoms with van der Waals surface area (Å²) in [5, 5.41) is 11.5. The normalized spacial score (nSPS) is 10.6. The number of sulfonamides is 1. The van der Waals surface area contributed by atoms with Crippen LogP contribution in [0, 0.1) is 11.3 Å². The minimum Gasteiger partial charge on any atom is -0.384 e. The smallest absolute Gasteiger partial charge is 0.264 e. The second-order valence-electron chi connectivity index (χ2n) is 4.04. The van der Waals surface area contributed by atoms with Crippen LogP contribution in [0.15, 0.2) is 47.6 Å². The number of nitrogens with one attached hydrogen (secondary N) is 2. The van der Waals surface area contributed by atoms with Crippen LogP contribution >= 0.6 is 0 Å². The van der Waals surface area contributed by atoms with E-state index in [1.165, 1.54) is 24.5 Å². The minimum absolute atomic E-state index is 0.0220. The molecule has 0 radical (unpaired) electrons. The molecule has 2 N–H and O–H groups in total. The number of hydrogen-bond acceptors (Lipinski definition) is 6. The standard InChI is InChI=1S/C13H13N5O2S/c14-7-1-8-15-11-3-5-12(6-4-11)21(19,20)18-13-16-9-2-10-17-13/h2-6,9-10,15H,1,8H2,(H,16,17,18). The van der Waals surface area contributed by atoms with E-state index in [1.54, 1.807) is 18.2 Å². The fraction of sp³-hybridized carbons (Fsp3) is 0.154. The Morgan fingerprint density at radius 3 is 2.43 bits per heavy atom. The van der Waals surface area contributed by atoms with Crippen LogP contribution < -0.4 is 10.0 Å². The van der Waals surface area contributed by atoms with Gasteiger partial charge in [-0.3, -0.25) is 0 Å². The highest BCUT2D eigenvalue weighted by Gasteiger charge is 2.15. The predicted octanol–water partition coefficient (Wildman–Crippen LogP) is 1.60. The maximum absolute atomic E-state index is 12.1. The molecule has 0 saturated carbocycles. The highest BCUT2D eigenvalue weighted by Crippen LogP contribution is 2.16. The molecule has 0 aliphatic carbocycles. The molecule has 108 valence electrons. The second-order valence-corrected chi connectivity index (χ2v) is 5.72. The van der Waals surface area contributed by atoms with Gasteiger partial charge in [0.15, 0.2) is 0 Å². The zero-order chi connectivity index (χ0) is 15.1. The first kappa shape index (κ1) is 14.7. The number of nitrogens with zero attached hydrogens (tertiary/aromatic N) is 3. The lowest BCUT2D eigenvalue weighted by Gasteiger charge is -2.08. The van der Waals surface area contributed by atoms with Crippen LogP contribution in [0.5, 0.6) is 0 Å². The van der Waals surface area contributed by atoms with E-state index in [9.17, 15) is 8.42 Å². The molecule has 0 saturated heterocycles. The molecule has 0 amide bonds. The van der Waals surface area contributed by atoms with Gasteiger partial charge in [-0.25, -0.2) is 23.1 Å². The molecule has 8 heteroatoms. The molecule has 0 atom stereocenters. The van der Waals surface area contributed by atoms with Gasteiger partial charge in [-0.05, 0) is 30.3 Å². The van der Waals surface area contributed by atoms with Gasteiger partial charge in [-0.15, -0.1) is 0 Å².